The molecule has 1 fully saturated rings. The second-order valence-electron chi connectivity index (χ2n) is 5.11. The lowest BCUT2D eigenvalue weighted by molar-refractivity contribution is 0.309. The van der Waals surface area contributed by atoms with Gasteiger partial charge in [-0.05, 0) is 37.9 Å². The molecule has 0 saturated heterocycles. The minimum Gasteiger partial charge on any atom is -0.466 e. The normalized spacial score (nSPS) is 25.9. The van der Waals surface area contributed by atoms with E-state index in [9.17, 15) is 0 Å². The molecule has 16 heavy (non-hydrogen) atoms. The lowest BCUT2D eigenvalue weighted by atomic mass is 9.82. The van der Waals surface area contributed by atoms with Gasteiger partial charge in [0.05, 0.1) is 0 Å². The van der Waals surface area contributed by atoms with Crippen molar-refractivity contribution in [3.63, 3.8) is 0 Å². The van der Waals surface area contributed by atoms with Crippen LogP contribution >= 0.6 is 0 Å². The van der Waals surface area contributed by atoms with Crippen molar-refractivity contribution in [3.05, 3.63) is 23.7 Å². The zero-order chi connectivity index (χ0) is 11.4. The van der Waals surface area contributed by atoms with Gasteiger partial charge in [-0.1, -0.05) is 19.8 Å². The van der Waals surface area contributed by atoms with Crippen molar-refractivity contribution in [1.82, 2.24) is 5.32 Å². The van der Waals surface area contributed by atoms with Crippen LogP contribution in [-0.2, 0) is 6.42 Å². The summed E-state index contributed by atoms with van der Waals surface area (Å²) in [5.41, 5.74) is 0. The summed E-state index contributed by atoms with van der Waals surface area (Å²) in [6.45, 7) is 3.35. The Hall–Kier alpha value is -0.760. The Kier molecular flexibility index (Phi) is 4.05. The molecule has 2 heteroatoms. The van der Waals surface area contributed by atoms with Crippen molar-refractivity contribution in [3.8, 4) is 0 Å². The number of likely N-dealkylation sites (N-methyl/N-ethyl adjacent to an activating group) is 1. The molecule has 0 aromatic carbocycles. The summed E-state index contributed by atoms with van der Waals surface area (Å²) in [4.78, 5) is 0. The number of rotatable bonds is 4. The van der Waals surface area contributed by atoms with Crippen LogP contribution in [0.5, 0.6) is 0 Å². The minimum atomic E-state index is 0.680. The highest BCUT2D eigenvalue weighted by Crippen LogP contribution is 2.36. The van der Waals surface area contributed by atoms with Crippen LogP contribution in [0.25, 0.3) is 0 Å². The third-order valence-electron chi connectivity index (χ3n) is 3.72. The molecule has 1 aromatic heterocycles. The monoisotopic (exact) mass is 221 g/mol. The van der Waals surface area contributed by atoms with Crippen molar-refractivity contribution >= 4 is 0 Å². The topological polar surface area (TPSA) is 25.2 Å². The highest BCUT2D eigenvalue weighted by Gasteiger charge is 2.22. The van der Waals surface area contributed by atoms with Crippen molar-refractivity contribution in [2.24, 2.45) is 5.92 Å². The van der Waals surface area contributed by atoms with Crippen LogP contribution in [-0.4, -0.2) is 13.6 Å². The largest absolute Gasteiger partial charge is 0.466 e. The molecular weight excluding hydrogens is 198 g/mol. The molecule has 0 aliphatic heterocycles. The first kappa shape index (κ1) is 11.7. The fourth-order valence-corrected chi connectivity index (χ4v) is 2.54. The summed E-state index contributed by atoms with van der Waals surface area (Å²) in [6.07, 6.45) is 6.33. The molecule has 90 valence electrons. The Balaban J connectivity index is 1.91. The summed E-state index contributed by atoms with van der Waals surface area (Å²) in [7, 11) is 1.98. The van der Waals surface area contributed by atoms with Crippen LogP contribution in [0.4, 0.5) is 0 Å². The Labute approximate surface area is 98.4 Å². The molecule has 0 atom stereocenters. The summed E-state index contributed by atoms with van der Waals surface area (Å²) in [6, 6.07) is 4.33. The number of furan rings is 1. The van der Waals surface area contributed by atoms with E-state index in [0.717, 1.165) is 24.6 Å². The van der Waals surface area contributed by atoms with Crippen molar-refractivity contribution < 1.29 is 4.42 Å². The molecule has 0 bridgehead atoms. The highest BCUT2D eigenvalue weighted by atomic mass is 16.3. The molecule has 0 spiro atoms. The van der Waals surface area contributed by atoms with Crippen molar-refractivity contribution in [2.75, 3.05) is 13.6 Å². The van der Waals surface area contributed by atoms with Crippen LogP contribution in [0.3, 0.4) is 0 Å². The Bertz CT molecular complexity index is 310. The van der Waals surface area contributed by atoms with E-state index in [1.165, 1.54) is 31.4 Å². The van der Waals surface area contributed by atoms with E-state index in [2.05, 4.69) is 24.4 Å². The summed E-state index contributed by atoms with van der Waals surface area (Å²) in [5.74, 6) is 3.94. The molecule has 1 aliphatic carbocycles. The quantitative estimate of drug-likeness (QED) is 0.843. The van der Waals surface area contributed by atoms with Gasteiger partial charge in [-0.3, -0.25) is 0 Å². The first-order valence-corrected chi connectivity index (χ1v) is 6.53. The number of nitrogens with one attached hydrogen (secondary N) is 1. The smallest absolute Gasteiger partial charge is 0.107 e. The Morgan fingerprint density at radius 1 is 1.25 bits per heavy atom. The maximum Gasteiger partial charge on any atom is 0.107 e. The van der Waals surface area contributed by atoms with E-state index in [0.29, 0.717) is 5.92 Å². The van der Waals surface area contributed by atoms with Gasteiger partial charge in [-0.25, -0.2) is 0 Å². The third kappa shape index (κ3) is 2.88. The first-order chi connectivity index (χ1) is 7.79. The van der Waals surface area contributed by atoms with E-state index in [4.69, 9.17) is 4.42 Å². The van der Waals surface area contributed by atoms with Crippen molar-refractivity contribution in [1.29, 1.82) is 0 Å². The number of hydrogen-bond donors (Lipinski definition) is 1. The summed E-state index contributed by atoms with van der Waals surface area (Å²) >= 11 is 0. The summed E-state index contributed by atoms with van der Waals surface area (Å²) in [5, 5.41) is 3.15. The SMILES string of the molecule is CNCCc1ccc(C2CCC(C)CC2)o1. The minimum absolute atomic E-state index is 0.680. The van der Waals surface area contributed by atoms with Gasteiger partial charge in [0, 0.05) is 18.9 Å². The lowest BCUT2D eigenvalue weighted by Crippen LogP contribution is -2.10. The number of hydrogen-bond acceptors (Lipinski definition) is 2. The van der Waals surface area contributed by atoms with E-state index in [1.807, 2.05) is 7.05 Å². The first-order valence-electron chi connectivity index (χ1n) is 6.53. The maximum absolute atomic E-state index is 5.92. The molecular formula is C14H23NO. The lowest BCUT2D eigenvalue weighted by Gasteiger charge is -2.24. The standard InChI is InChI=1S/C14H23NO/c1-11-3-5-12(6-4-11)14-8-7-13(16-14)9-10-15-2/h7-8,11-12,15H,3-6,9-10H2,1-2H3. The fraction of sp³-hybridized carbons (Fsp3) is 0.714. The predicted octanol–water partition coefficient (Wildman–Crippen LogP) is 3.34. The van der Waals surface area contributed by atoms with E-state index >= 15 is 0 Å². The molecule has 1 heterocycles. The highest BCUT2D eigenvalue weighted by molar-refractivity contribution is 5.12. The van der Waals surface area contributed by atoms with Gasteiger partial charge in [0.1, 0.15) is 11.5 Å². The molecule has 2 rings (SSSR count). The summed E-state index contributed by atoms with van der Waals surface area (Å²) < 4.78 is 5.92. The molecule has 1 saturated carbocycles. The van der Waals surface area contributed by atoms with E-state index in [1.54, 1.807) is 0 Å². The average Bonchev–Trinajstić information content (AvgIpc) is 2.76. The Morgan fingerprint density at radius 2 is 2.00 bits per heavy atom. The molecule has 0 unspecified atom stereocenters. The van der Waals surface area contributed by atoms with Gasteiger partial charge in [0.2, 0.25) is 0 Å². The van der Waals surface area contributed by atoms with Gasteiger partial charge in [0.25, 0.3) is 0 Å². The van der Waals surface area contributed by atoms with E-state index < -0.39 is 0 Å². The zero-order valence-corrected chi connectivity index (χ0v) is 10.5. The van der Waals surface area contributed by atoms with Crippen LogP contribution in [0.1, 0.15) is 50.0 Å². The average molecular weight is 221 g/mol. The predicted molar refractivity (Wildman–Crippen MR) is 66.7 cm³/mol. The molecule has 0 amide bonds. The van der Waals surface area contributed by atoms with Crippen LogP contribution in [0, 0.1) is 5.92 Å². The van der Waals surface area contributed by atoms with Crippen LogP contribution in [0.15, 0.2) is 16.5 Å². The third-order valence-corrected chi connectivity index (χ3v) is 3.72. The fourth-order valence-electron chi connectivity index (χ4n) is 2.54. The molecule has 0 radical (unpaired) electrons. The zero-order valence-electron chi connectivity index (χ0n) is 10.5. The van der Waals surface area contributed by atoms with Crippen LogP contribution < -0.4 is 5.32 Å². The van der Waals surface area contributed by atoms with Gasteiger partial charge < -0.3 is 9.73 Å². The molecule has 1 aliphatic rings. The van der Waals surface area contributed by atoms with Crippen LogP contribution in [0.2, 0.25) is 0 Å². The molecule has 2 nitrogen and oxygen atoms in total. The molecule has 1 aromatic rings. The second kappa shape index (κ2) is 5.53. The second-order valence-corrected chi connectivity index (χ2v) is 5.11. The van der Waals surface area contributed by atoms with Gasteiger partial charge in [0.15, 0.2) is 0 Å². The van der Waals surface area contributed by atoms with Gasteiger partial charge >= 0.3 is 0 Å². The van der Waals surface area contributed by atoms with Crippen molar-refractivity contribution in [2.45, 2.75) is 44.9 Å². The van der Waals surface area contributed by atoms with E-state index in [-0.39, 0.29) is 0 Å². The van der Waals surface area contributed by atoms with Gasteiger partial charge in [-0.2, -0.15) is 0 Å². The maximum atomic E-state index is 5.92. The molecule has 1 N–H and O–H groups in total. The Morgan fingerprint density at radius 3 is 2.69 bits per heavy atom. The van der Waals surface area contributed by atoms with Gasteiger partial charge in [-0.15, -0.1) is 0 Å².